The Kier molecular flexibility index (Phi) is 4.27. The monoisotopic (exact) mass is 238 g/mol. The molecule has 1 aromatic rings. The molecular formula is C10H14N4O3. The minimum atomic E-state index is -0.442. The maximum Gasteiger partial charge on any atom is 0.255 e. The molecule has 0 aliphatic carbocycles. The number of aromatic hydroxyl groups is 1. The number of pyridine rings is 1. The summed E-state index contributed by atoms with van der Waals surface area (Å²) in [5.74, 6) is -0.902. The third-order valence-corrected chi connectivity index (χ3v) is 2.23. The minimum absolute atomic E-state index is 0.0317. The summed E-state index contributed by atoms with van der Waals surface area (Å²) in [5.41, 5.74) is 5.49. The first-order chi connectivity index (χ1) is 8.06. The molecule has 1 heterocycles. The first-order valence-corrected chi connectivity index (χ1v) is 4.94. The summed E-state index contributed by atoms with van der Waals surface area (Å²) < 4.78 is 0. The van der Waals surface area contributed by atoms with E-state index in [1.165, 1.54) is 18.5 Å². The maximum atomic E-state index is 11.6. The summed E-state index contributed by atoms with van der Waals surface area (Å²) in [7, 11) is 0. The van der Waals surface area contributed by atoms with E-state index in [2.05, 4.69) is 15.5 Å². The Labute approximate surface area is 98.0 Å². The number of nitrogens with one attached hydrogen (secondary N) is 1. The molecule has 0 fully saturated rings. The van der Waals surface area contributed by atoms with Crippen molar-refractivity contribution in [2.75, 3.05) is 6.54 Å². The van der Waals surface area contributed by atoms with Gasteiger partial charge in [0.2, 0.25) is 0 Å². The summed E-state index contributed by atoms with van der Waals surface area (Å²) in [5, 5.41) is 23.2. The molecule has 1 amide bonds. The third kappa shape index (κ3) is 3.33. The predicted octanol–water partition coefficient (Wildman–Crippen LogP) is -0.100. The van der Waals surface area contributed by atoms with Gasteiger partial charge in [-0.05, 0) is 6.07 Å². The van der Waals surface area contributed by atoms with Gasteiger partial charge in [0.05, 0.1) is 11.8 Å². The van der Waals surface area contributed by atoms with Crippen LogP contribution >= 0.6 is 0 Å². The average Bonchev–Trinajstić information content (AvgIpc) is 2.35. The SMILES string of the molecule is CC(CNC(=O)c1ccncc1O)/C(N)=N/O. The van der Waals surface area contributed by atoms with Crippen molar-refractivity contribution in [1.82, 2.24) is 10.3 Å². The fourth-order valence-electron chi connectivity index (χ4n) is 1.12. The van der Waals surface area contributed by atoms with E-state index in [-0.39, 0.29) is 29.6 Å². The smallest absolute Gasteiger partial charge is 0.255 e. The Morgan fingerprint density at radius 3 is 3.00 bits per heavy atom. The second-order valence-electron chi connectivity index (χ2n) is 3.53. The molecule has 0 aliphatic rings. The highest BCUT2D eigenvalue weighted by molar-refractivity contribution is 5.96. The number of carbonyl (C=O) groups is 1. The van der Waals surface area contributed by atoms with Crippen molar-refractivity contribution in [3.05, 3.63) is 24.0 Å². The maximum absolute atomic E-state index is 11.6. The number of rotatable bonds is 4. The van der Waals surface area contributed by atoms with Gasteiger partial charge in [-0.3, -0.25) is 9.78 Å². The van der Waals surface area contributed by atoms with Crippen LogP contribution in [0.5, 0.6) is 5.75 Å². The quantitative estimate of drug-likeness (QED) is 0.252. The molecule has 5 N–H and O–H groups in total. The number of nitrogens with zero attached hydrogens (tertiary/aromatic N) is 2. The van der Waals surface area contributed by atoms with Gasteiger partial charge in [0.25, 0.3) is 5.91 Å². The first kappa shape index (κ1) is 12.8. The number of amidine groups is 1. The Bertz CT molecular complexity index is 433. The van der Waals surface area contributed by atoms with Gasteiger partial charge in [-0.2, -0.15) is 0 Å². The minimum Gasteiger partial charge on any atom is -0.505 e. The van der Waals surface area contributed by atoms with Crippen molar-refractivity contribution in [2.24, 2.45) is 16.8 Å². The van der Waals surface area contributed by atoms with Crippen LogP contribution in [0.3, 0.4) is 0 Å². The molecule has 0 saturated carbocycles. The number of hydrogen-bond acceptors (Lipinski definition) is 5. The van der Waals surface area contributed by atoms with E-state index in [0.29, 0.717) is 0 Å². The van der Waals surface area contributed by atoms with Crippen molar-refractivity contribution < 1.29 is 15.1 Å². The molecule has 92 valence electrons. The molecule has 1 unspecified atom stereocenters. The Morgan fingerprint density at radius 1 is 1.71 bits per heavy atom. The zero-order valence-corrected chi connectivity index (χ0v) is 9.29. The standard InChI is InChI=1S/C10H14N4O3/c1-6(9(11)14-17)4-13-10(16)7-2-3-12-5-8(7)15/h2-3,5-6,15,17H,4H2,1H3,(H2,11,14)(H,13,16). The molecule has 0 aliphatic heterocycles. The average molecular weight is 238 g/mol. The van der Waals surface area contributed by atoms with Gasteiger partial charge in [0, 0.05) is 18.7 Å². The first-order valence-electron chi connectivity index (χ1n) is 4.94. The van der Waals surface area contributed by atoms with Crippen LogP contribution in [0.2, 0.25) is 0 Å². The van der Waals surface area contributed by atoms with E-state index in [1.54, 1.807) is 6.92 Å². The van der Waals surface area contributed by atoms with Crippen molar-refractivity contribution in [2.45, 2.75) is 6.92 Å². The number of amides is 1. The van der Waals surface area contributed by atoms with Crippen LogP contribution in [0, 0.1) is 5.92 Å². The molecule has 0 bridgehead atoms. The Hall–Kier alpha value is -2.31. The summed E-state index contributed by atoms with van der Waals surface area (Å²) in [4.78, 5) is 15.3. The fraction of sp³-hybridized carbons (Fsp3) is 0.300. The van der Waals surface area contributed by atoms with Crippen LogP contribution in [0.25, 0.3) is 0 Å². The van der Waals surface area contributed by atoms with Gasteiger partial charge in [0.15, 0.2) is 0 Å². The number of oxime groups is 1. The molecule has 0 saturated heterocycles. The molecule has 1 aromatic heterocycles. The third-order valence-electron chi connectivity index (χ3n) is 2.23. The summed E-state index contributed by atoms with van der Waals surface area (Å²) >= 11 is 0. The second kappa shape index (κ2) is 5.69. The van der Waals surface area contributed by atoms with E-state index in [1.807, 2.05) is 0 Å². The van der Waals surface area contributed by atoms with E-state index in [4.69, 9.17) is 10.9 Å². The van der Waals surface area contributed by atoms with Gasteiger partial charge in [-0.25, -0.2) is 0 Å². The van der Waals surface area contributed by atoms with Crippen molar-refractivity contribution in [1.29, 1.82) is 0 Å². The zero-order chi connectivity index (χ0) is 12.8. The van der Waals surface area contributed by atoms with Crippen LogP contribution in [0.15, 0.2) is 23.6 Å². The Balaban J connectivity index is 2.60. The highest BCUT2D eigenvalue weighted by Crippen LogP contribution is 2.13. The van der Waals surface area contributed by atoms with Crippen LogP contribution < -0.4 is 11.1 Å². The largest absolute Gasteiger partial charge is 0.505 e. The topological polar surface area (TPSA) is 121 Å². The zero-order valence-electron chi connectivity index (χ0n) is 9.29. The predicted molar refractivity (Wildman–Crippen MR) is 60.8 cm³/mol. The van der Waals surface area contributed by atoms with Crippen LogP contribution in [-0.2, 0) is 0 Å². The van der Waals surface area contributed by atoms with Crippen molar-refractivity contribution in [3.8, 4) is 5.75 Å². The lowest BCUT2D eigenvalue weighted by Gasteiger charge is -2.11. The lowest BCUT2D eigenvalue weighted by atomic mass is 10.1. The normalized spacial score (nSPS) is 13.1. The van der Waals surface area contributed by atoms with Gasteiger partial charge >= 0.3 is 0 Å². The molecule has 0 radical (unpaired) electrons. The number of aromatic nitrogens is 1. The van der Waals surface area contributed by atoms with E-state index in [9.17, 15) is 9.90 Å². The summed E-state index contributed by atoms with van der Waals surface area (Å²) in [6.07, 6.45) is 2.59. The highest BCUT2D eigenvalue weighted by atomic mass is 16.4. The van der Waals surface area contributed by atoms with E-state index in [0.717, 1.165) is 0 Å². The van der Waals surface area contributed by atoms with Gasteiger partial charge in [0.1, 0.15) is 11.6 Å². The molecule has 1 atom stereocenters. The lowest BCUT2D eigenvalue weighted by molar-refractivity contribution is 0.0948. The number of nitrogens with two attached hydrogens (primary N) is 1. The molecule has 17 heavy (non-hydrogen) atoms. The molecule has 0 aromatic carbocycles. The highest BCUT2D eigenvalue weighted by Gasteiger charge is 2.13. The molecule has 7 nitrogen and oxygen atoms in total. The summed E-state index contributed by atoms with van der Waals surface area (Å²) in [6, 6.07) is 1.40. The van der Waals surface area contributed by atoms with Crippen LogP contribution in [-0.4, -0.2) is 33.6 Å². The van der Waals surface area contributed by atoms with Crippen LogP contribution in [0.4, 0.5) is 0 Å². The van der Waals surface area contributed by atoms with Gasteiger partial charge in [-0.15, -0.1) is 0 Å². The van der Waals surface area contributed by atoms with Gasteiger partial charge < -0.3 is 21.4 Å². The molecule has 1 rings (SSSR count). The summed E-state index contributed by atoms with van der Waals surface area (Å²) in [6.45, 7) is 1.90. The van der Waals surface area contributed by atoms with Gasteiger partial charge in [-0.1, -0.05) is 12.1 Å². The van der Waals surface area contributed by atoms with E-state index < -0.39 is 5.91 Å². The number of hydrogen-bond donors (Lipinski definition) is 4. The van der Waals surface area contributed by atoms with Crippen molar-refractivity contribution in [3.63, 3.8) is 0 Å². The Morgan fingerprint density at radius 2 is 2.41 bits per heavy atom. The number of carbonyl (C=O) groups excluding carboxylic acids is 1. The van der Waals surface area contributed by atoms with Crippen molar-refractivity contribution >= 4 is 11.7 Å². The fourth-order valence-corrected chi connectivity index (χ4v) is 1.12. The second-order valence-corrected chi connectivity index (χ2v) is 3.53. The molecule has 0 spiro atoms. The molecular weight excluding hydrogens is 224 g/mol. The molecule has 7 heteroatoms. The lowest BCUT2D eigenvalue weighted by Crippen LogP contribution is -2.34. The van der Waals surface area contributed by atoms with E-state index >= 15 is 0 Å². The van der Waals surface area contributed by atoms with Crippen LogP contribution in [0.1, 0.15) is 17.3 Å².